The third-order valence-electron chi connectivity index (χ3n) is 7.73. The Hall–Kier alpha value is -2.90. The van der Waals surface area contributed by atoms with E-state index in [1.54, 1.807) is 0 Å². The molecule has 0 saturated carbocycles. The molecule has 4 N–H and O–H groups in total. The van der Waals surface area contributed by atoms with Gasteiger partial charge in [0.2, 0.25) is 0 Å². The molecule has 3 heterocycles. The Kier molecular flexibility index (Phi) is 9.80. The molecule has 206 valence electrons. The van der Waals surface area contributed by atoms with E-state index < -0.39 is 12.0 Å². The number of pyridine rings is 1. The van der Waals surface area contributed by atoms with Crippen molar-refractivity contribution in [1.82, 2.24) is 9.88 Å². The number of allylic oxidation sites excluding steroid dienone is 2. The first-order valence-corrected chi connectivity index (χ1v) is 14.2. The highest BCUT2D eigenvalue weighted by molar-refractivity contribution is 5.83. The van der Waals surface area contributed by atoms with E-state index in [0.717, 1.165) is 74.1 Å². The van der Waals surface area contributed by atoms with Crippen LogP contribution in [0, 0.1) is 5.92 Å². The smallest absolute Gasteiger partial charge is 0.325 e. The Morgan fingerprint density at radius 3 is 2.84 bits per heavy atom. The first kappa shape index (κ1) is 28.1. The van der Waals surface area contributed by atoms with Crippen molar-refractivity contribution in [2.75, 3.05) is 37.3 Å². The van der Waals surface area contributed by atoms with Gasteiger partial charge >= 0.3 is 5.97 Å². The van der Waals surface area contributed by atoms with Crippen LogP contribution in [-0.4, -0.2) is 53.3 Å². The monoisotopic (exact) mass is 520 g/mol. The molecule has 2 aliphatic heterocycles. The number of anilines is 2. The lowest BCUT2D eigenvalue weighted by Crippen LogP contribution is -2.55. The Labute approximate surface area is 227 Å². The van der Waals surface area contributed by atoms with E-state index in [2.05, 4.69) is 37.4 Å². The highest BCUT2D eigenvalue weighted by Gasteiger charge is 2.38. The number of para-hydroxylation sites is 1. The molecule has 2 atom stereocenters. The molecule has 2 aliphatic rings. The van der Waals surface area contributed by atoms with Gasteiger partial charge in [0.05, 0.1) is 6.10 Å². The van der Waals surface area contributed by atoms with Gasteiger partial charge in [-0.3, -0.25) is 9.69 Å². The molecule has 0 bridgehead atoms. The molecule has 0 spiro atoms. The van der Waals surface area contributed by atoms with E-state index in [9.17, 15) is 9.90 Å². The highest BCUT2D eigenvalue weighted by atomic mass is 16.5. The lowest BCUT2D eigenvalue weighted by atomic mass is 9.94. The zero-order chi connectivity index (χ0) is 27.1. The number of nitrogens with one attached hydrogen (secondary N) is 1. The standard InChI is InChI=1S/C31H44N4O3/c1-4-5-10-22(3)26-12-9-13-27(28(26)32)29(31(36)37)35-19-25(20-35)38-16-8-6-7-11-24-15-14-23-17-21(2)18-33-30(23)34-24/h9-10,12-15,21,25,29H,4-8,11,16-20,32H2,1-3H3,(H,33,34)(H,36,37)/b22-10-. The van der Waals surface area contributed by atoms with Crippen LogP contribution in [0.5, 0.6) is 0 Å². The summed E-state index contributed by atoms with van der Waals surface area (Å²) in [6.45, 7) is 9.36. The Bertz CT molecular complexity index is 1130. The van der Waals surface area contributed by atoms with Gasteiger partial charge in [0.1, 0.15) is 11.9 Å². The maximum atomic E-state index is 12.2. The number of carboxylic acids is 1. The van der Waals surface area contributed by atoms with Crippen LogP contribution in [0.25, 0.3) is 5.57 Å². The summed E-state index contributed by atoms with van der Waals surface area (Å²) in [5.41, 5.74) is 12.2. The minimum atomic E-state index is -0.872. The van der Waals surface area contributed by atoms with Crippen molar-refractivity contribution in [3.8, 4) is 0 Å². The van der Waals surface area contributed by atoms with E-state index in [-0.39, 0.29) is 6.10 Å². The number of likely N-dealkylation sites (tertiary alicyclic amines) is 1. The number of aliphatic carboxylic acids is 1. The first-order valence-electron chi connectivity index (χ1n) is 14.2. The molecule has 0 amide bonds. The number of benzene rings is 1. The predicted molar refractivity (Wildman–Crippen MR) is 154 cm³/mol. The van der Waals surface area contributed by atoms with Crippen molar-refractivity contribution in [2.24, 2.45) is 5.92 Å². The topological polar surface area (TPSA) is 101 Å². The molecule has 0 aliphatic carbocycles. The van der Waals surface area contributed by atoms with Crippen molar-refractivity contribution in [1.29, 1.82) is 0 Å². The van der Waals surface area contributed by atoms with Crippen molar-refractivity contribution in [3.05, 3.63) is 58.8 Å². The van der Waals surface area contributed by atoms with Gasteiger partial charge in [0.15, 0.2) is 0 Å². The van der Waals surface area contributed by atoms with Gasteiger partial charge < -0.3 is 20.9 Å². The average Bonchev–Trinajstić information content (AvgIpc) is 2.87. The molecule has 1 aromatic heterocycles. The summed E-state index contributed by atoms with van der Waals surface area (Å²) < 4.78 is 6.05. The summed E-state index contributed by atoms with van der Waals surface area (Å²) in [4.78, 5) is 19.0. The summed E-state index contributed by atoms with van der Waals surface area (Å²) in [5, 5.41) is 13.5. The van der Waals surface area contributed by atoms with Crippen LogP contribution in [0.4, 0.5) is 11.5 Å². The fraction of sp³-hybridized carbons (Fsp3) is 0.548. The van der Waals surface area contributed by atoms with Gasteiger partial charge in [0.25, 0.3) is 0 Å². The number of ether oxygens (including phenoxy) is 1. The number of nitrogens with two attached hydrogens (primary N) is 1. The van der Waals surface area contributed by atoms with E-state index in [4.69, 9.17) is 15.5 Å². The summed E-state index contributed by atoms with van der Waals surface area (Å²) in [5.74, 6) is 0.858. The molecule has 1 saturated heterocycles. The van der Waals surface area contributed by atoms with E-state index in [1.165, 1.54) is 5.56 Å². The van der Waals surface area contributed by atoms with Crippen molar-refractivity contribution in [2.45, 2.75) is 77.9 Å². The summed E-state index contributed by atoms with van der Waals surface area (Å²) >= 11 is 0. The number of aryl methyl sites for hydroxylation is 1. The molecule has 1 fully saturated rings. The normalized spacial score (nSPS) is 18.9. The lowest BCUT2D eigenvalue weighted by Gasteiger charge is -2.42. The van der Waals surface area contributed by atoms with Gasteiger partial charge in [-0.25, -0.2) is 4.98 Å². The average molecular weight is 521 g/mol. The number of rotatable bonds is 13. The molecular weight excluding hydrogens is 476 g/mol. The Morgan fingerprint density at radius 2 is 2.08 bits per heavy atom. The second-order valence-electron chi connectivity index (χ2n) is 11.0. The zero-order valence-electron chi connectivity index (χ0n) is 23.2. The first-order chi connectivity index (χ1) is 18.4. The van der Waals surface area contributed by atoms with Gasteiger partial charge in [-0.2, -0.15) is 0 Å². The van der Waals surface area contributed by atoms with Crippen LogP contribution in [0.1, 0.15) is 81.3 Å². The second kappa shape index (κ2) is 13.3. The largest absolute Gasteiger partial charge is 0.480 e. The fourth-order valence-corrected chi connectivity index (χ4v) is 5.45. The number of carboxylic acid groups (broad SMARTS) is 1. The zero-order valence-corrected chi connectivity index (χ0v) is 23.2. The van der Waals surface area contributed by atoms with Crippen molar-refractivity contribution < 1.29 is 14.6 Å². The third kappa shape index (κ3) is 6.94. The number of hydrogen-bond acceptors (Lipinski definition) is 6. The SMILES string of the molecule is CCC/C=C(/C)c1cccc(C(C(=O)O)N2CC(OCCCCCc3ccc4c(n3)NCC(C)C4)C2)c1N. The molecule has 2 aromatic rings. The lowest BCUT2D eigenvalue weighted by molar-refractivity contribution is -0.150. The quantitative estimate of drug-likeness (QED) is 0.230. The number of carbonyl (C=O) groups is 1. The minimum absolute atomic E-state index is 0.0724. The van der Waals surface area contributed by atoms with Gasteiger partial charge in [-0.05, 0) is 62.1 Å². The molecule has 4 rings (SSSR count). The molecule has 1 aromatic carbocycles. The maximum Gasteiger partial charge on any atom is 0.325 e. The fourth-order valence-electron chi connectivity index (χ4n) is 5.45. The van der Waals surface area contributed by atoms with Gasteiger partial charge in [-0.15, -0.1) is 0 Å². The number of nitrogens with zero attached hydrogens (tertiary/aromatic N) is 2. The molecular formula is C31H44N4O3. The van der Waals surface area contributed by atoms with Gasteiger partial charge in [0, 0.05) is 48.7 Å². The van der Waals surface area contributed by atoms with Crippen LogP contribution in [0.3, 0.4) is 0 Å². The second-order valence-corrected chi connectivity index (χ2v) is 11.0. The minimum Gasteiger partial charge on any atom is -0.480 e. The summed E-state index contributed by atoms with van der Waals surface area (Å²) in [6.07, 6.45) is 9.54. The number of fused-ring (bicyclic) bond motifs is 1. The number of unbranched alkanes of at least 4 members (excludes halogenated alkanes) is 3. The summed E-state index contributed by atoms with van der Waals surface area (Å²) in [7, 11) is 0. The number of aromatic nitrogens is 1. The van der Waals surface area contributed by atoms with Crippen LogP contribution >= 0.6 is 0 Å². The highest BCUT2D eigenvalue weighted by Crippen LogP contribution is 2.35. The Morgan fingerprint density at radius 1 is 1.26 bits per heavy atom. The third-order valence-corrected chi connectivity index (χ3v) is 7.73. The van der Waals surface area contributed by atoms with E-state index >= 15 is 0 Å². The maximum absolute atomic E-state index is 12.2. The molecule has 7 heteroatoms. The van der Waals surface area contributed by atoms with Crippen LogP contribution in [0.15, 0.2) is 36.4 Å². The van der Waals surface area contributed by atoms with E-state index in [0.29, 0.717) is 36.9 Å². The van der Waals surface area contributed by atoms with Crippen LogP contribution < -0.4 is 11.1 Å². The predicted octanol–water partition coefficient (Wildman–Crippen LogP) is 5.71. The molecule has 7 nitrogen and oxygen atoms in total. The molecule has 2 unspecified atom stereocenters. The van der Waals surface area contributed by atoms with Crippen LogP contribution in [-0.2, 0) is 22.4 Å². The molecule has 38 heavy (non-hydrogen) atoms. The Balaban J connectivity index is 1.20. The van der Waals surface area contributed by atoms with Gasteiger partial charge in [-0.1, -0.05) is 57.0 Å². The number of hydrogen-bond donors (Lipinski definition) is 3. The van der Waals surface area contributed by atoms with Crippen molar-refractivity contribution in [3.63, 3.8) is 0 Å². The summed E-state index contributed by atoms with van der Waals surface area (Å²) in [6, 6.07) is 9.36. The molecule has 0 radical (unpaired) electrons. The van der Waals surface area contributed by atoms with Crippen molar-refractivity contribution >= 4 is 23.0 Å². The van der Waals surface area contributed by atoms with E-state index in [1.807, 2.05) is 30.0 Å². The number of nitrogen functional groups attached to an aromatic ring is 1. The van der Waals surface area contributed by atoms with Crippen LogP contribution in [0.2, 0.25) is 0 Å².